The van der Waals surface area contributed by atoms with Crippen LogP contribution < -0.4 is 56.8 Å². The first kappa shape index (κ1) is 17.4. The molecule has 0 saturated heterocycles. The molecule has 0 atom stereocenters. The SMILES string of the molecule is Cc1c(N=[N+]=[N-])cc(CS)cc1[B-](F)(F)F.[K+]. The Kier molecular flexibility index (Phi) is 7.24. The number of nitrogens with zero attached hydrogens (tertiary/aromatic N) is 3. The minimum Gasteiger partial charge on any atom is -0.445 e. The Morgan fingerprint density at radius 3 is 2.41 bits per heavy atom. The normalized spacial score (nSPS) is 10.4. The first-order chi connectivity index (χ1) is 7.40. The molecule has 0 saturated carbocycles. The van der Waals surface area contributed by atoms with Gasteiger partial charge in [0.15, 0.2) is 0 Å². The Bertz CT molecular complexity index is 460. The second-order valence-corrected chi connectivity index (χ2v) is 3.57. The summed E-state index contributed by atoms with van der Waals surface area (Å²) in [6.45, 7) is -3.82. The molecule has 0 unspecified atom stereocenters. The average molecular weight is 285 g/mol. The van der Waals surface area contributed by atoms with Crippen LogP contribution in [0.3, 0.4) is 0 Å². The van der Waals surface area contributed by atoms with Gasteiger partial charge in [-0.1, -0.05) is 16.7 Å². The summed E-state index contributed by atoms with van der Waals surface area (Å²) >= 11 is 3.91. The van der Waals surface area contributed by atoms with Gasteiger partial charge in [-0.3, -0.25) is 0 Å². The molecule has 0 spiro atoms. The fourth-order valence-corrected chi connectivity index (χ4v) is 1.55. The molecule has 0 aromatic heterocycles. The third kappa shape index (κ3) is 4.51. The summed E-state index contributed by atoms with van der Waals surface area (Å²) in [6, 6.07) is 2.45. The van der Waals surface area contributed by atoms with E-state index in [-0.39, 0.29) is 68.4 Å². The third-order valence-electron chi connectivity index (χ3n) is 2.17. The fourth-order valence-electron chi connectivity index (χ4n) is 1.36. The molecule has 1 aromatic rings. The molecule has 1 aromatic carbocycles. The van der Waals surface area contributed by atoms with Crippen LogP contribution in [0.5, 0.6) is 0 Å². The molecule has 0 bridgehead atoms. The van der Waals surface area contributed by atoms with Crippen molar-refractivity contribution in [2.24, 2.45) is 5.11 Å². The van der Waals surface area contributed by atoms with E-state index in [0.717, 1.165) is 6.07 Å². The van der Waals surface area contributed by atoms with Crippen LogP contribution in [0.15, 0.2) is 17.2 Å². The van der Waals surface area contributed by atoms with Gasteiger partial charge >= 0.3 is 58.4 Å². The zero-order chi connectivity index (χ0) is 12.3. The average Bonchev–Trinajstić information content (AvgIpc) is 2.19. The summed E-state index contributed by atoms with van der Waals surface area (Å²) in [7, 11) is 0. The van der Waals surface area contributed by atoms with Gasteiger partial charge in [-0.25, -0.2) is 0 Å². The second-order valence-electron chi connectivity index (χ2n) is 3.25. The number of hydrogen-bond donors (Lipinski definition) is 1. The van der Waals surface area contributed by atoms with Crippen LogP contribution in [-0.2, 0) is 5.75 Å². The summed E-state index contributed by atoms with van der Waals surface area (Å²) in [5, 5.41) is 3.25. The largest absolute Gasteiger partial charge is 1.00 e. The molecule has 0 fully saturated rings. The molecule has 9 heteroatoms. The van der Waals surface area contributed by atoms with Gasteiger partial charge in [0.1, 0.15) is 0 Å². The van der Waals surface area contributed by atoms with Crippen molar-refractivity contribution in [2.45, 2.75) is 12.7 Å². The Morgan fingerprint density at radius 1 is 1.41 bits per heavy atom. The number of halogens is 3. The van der Waals surface area contributed by atoms with Gasteiger partial charge < -0.3 is 12.9 Å². The van der Waals surface area contributed by atoms with E-state index in [9.17, 15) is 12.9 Å². The topological polar surface area (TPSA) is 48.8 Å². The van der Waals surface area contributed by atoms with E-state index in [1.165, 1.54) is 13.0 Å². The molecule has 17 heavy (non-hydrogen) atoms. The van der Waals surface area contributed by atoms with E-state index in [1.54, 1.807) is 0 Å². The number of rotatable bonds is 3. The first-order valence-corrected chi connectivity index (χ1v) is 5.02. The third-order valence-corrected chi connectivity index (χ3v) is 2.53. The standard InChI is InChI=1S/C8H8BF3N3S.K/c1-5-7(9(10,11)12)2-6(4-16)3-8(5)14-15-13;/h2-3,16H,4H2,1H3;/q-1;+1. The zero-order valence-electron chi connectivity index (χ0n) is 9.36. The molecule has 0 amide bonds. The molecule has 3 nitrogen and oxygen atoms in total. The quantitative estimate of drug-likeness (QED) is 0.275. The monoisotopic (exact) mass is 285 g/mol. The van der Waals surface area contributed by atoms with Crippen LogP contribution in [-0.4, -0.2) is 6.98 Å². The maximum absolute atomic E-state index is 12.7. The molecular weight excluding hydrogens is 277 g/mol. The van der Waals surface area contributed by atoms with E-state index in [2.05, 4.69) is 22.7 Å². The Hall–Kier alpha value is 0.371. The van der Waals surface area contributed by atoms with Gasteiger partial charge in [0.2, 0.25) is 0 Å². The van der Waals surface area contributed by atoms with Gasteiger partial charge in [0.05, 0.1) is 0 Å². The summed E-state index contributed by atoms with van der Waals surface area (Å²) < 4.78 is 38.1. The summed E-state index contributed by atoms with van der Waals surface area (Å²) in [5.74, 6) is 0.160. The van der Waals surface area contributed by atoms with E-state index in [1.807, 2.05) is 0 Å². The predicted molar refractivity (Wildman–Crippen MR) is 61.4 cm³/mol. The molecule has 0 aliphatic heterocycles. The Labute approximate surface area is 145 Å². The van der Waals surface area contributed by atoms with Gasteiger partial charge in [0, 0.05) is 16.4 Å². The number of thiol groups is 1. The predicted octanol–water partition coefficient (Wildman–Crippen LogP) is 0.425. The maximum Gasteiger partial charge on any atom is 1.00 e. The minimum absolute atomic E-state index is 0. The van der Waals surface area contributed by atoms with E-state index >= 15 is 0 Å². The summed E-state index contributed by atoms with van der Waals surface area (Å²) in [6.07, 6.45) is 0. The van der Waals surface area contributed by atoms with E-state index in [4.69, 9.17) is 5.53 Å². The number of azide groups is 1. The molecule has 0 aliphatic rings. The maximum atomic E-state index is 12.7. The number of benzene rings is 1. The Morgan fingerprint density at radius 2 is 2.00 bits per heavy atom. The summed E-state index contributed by atoms with van der Waals surface area (Å²) in [5.41, 5.74) is 7.87. The van der Waals surface area contributed by atoms with E-state index < -0.39 is 12.4 Å². The van der Waals surface area contributed by atoms with Crippen molar-refractivity contribution >= 4 is 30.8 Å². The van der Waals surface area contributed by atoms with Gasteiger partial charge in [0.25, 0.3) is 0 Å². The smallest absolute Gasteiger partial charge is 0.445 e. The summed E-state index contributed by atoms with van der Waals surface area (Å²) in [4.78, 5) is 2.50. The molecule has 86 valence electrons. The van der Waals surface area contributed by atoms with Crippen LogP contribution in [0, 0.1) is 6.92 Å². The minimum atomic E-state index is -5.11. The second kappa shape index (κ2) is 7.08. The van der Waals surface area contributed by atoms with Crippen LogP contribution >= 0.6 is 12.6 Å². The van der Waals surface area contributed by atoms with Crippen molar-refractivity contribution in [3.63, 3.8) is 0 Å². The van der Waals surface area contributed by atoms with Crippen LogP contribution in [0.1, 0.15) is 11.1 Å². The number of hydrogen-bond acceptors (Lipinski definition) is 2. The van der Waals surface area contributed by atoms with Crippen molar-refractivity contribution in [1.82, 2.24) is 0 Å². The van der Waals surface area contributed by atoms with E-state index in [0.29, 0.717) is 5.56 Å². The van der Waals surface area contributed by atoms with Gasteiger partial charge in [-0.05, 0) is 24.1 Å². The van der Waals surface area contributed by atoms with Crippen LogP contribution in [0.2, 0.25) is 0 Å². The van der Waals surface area contributed by atoms with Crippen molar-refractivity contribution in [3.05, 3.63) is 33.7 Å². The molecule has 0 radical (unpaired) electrons. The Balaban J connectivity index is 0.00000256. The van der Waals surface area contributed by atoms with Crippen molar-refractivity contribution < 1.29 is 64.3 Å². The van der Waals surface area contributed by atoms with Gasteiger partial charge in [-0.2, -0.15) is 12.6 Å². The zero-order valence-corrected chi connectivity index (χ0v) is 13.4. The van der Waals surface area contributed by atoms with Gasteiger partial charge in [-0.15, -0.1) is 5.46 Å². The first-order valence-electron chi connectivity index (χ1n) is 4.39. The van der Waals surface area contributed by atoms with Crippen molar-refractivity contribution in [1.29, 1.82) is 0 Å². The van der Waals surface area contributed by atoms with Crippen LogP contribution in [0.25, 0.3) is 10.4 Å². The van der Waals surface area contributed by atoms with Crippen molar-refractivity contribution in [2.75, 3.05) is 0 Å². The van der Waals surface area contributed by atoms with Crippen LogP contribution in [0.4, 0.5) is 18.6 Å². The van der Waals surface area contributed by atoms with Crippen molar-refractivity contribution in [3.8, 4) is 0 Å². The molecule has 0 N–H and O–H groups in total. The molecule has 0 heterocycles. The molecule has 1 rings (SSSR count). The fraction of sp³-hybridized carbons (Fsp3) is 0.250. The molecular formula is C8H8BF3KN3S. The molecule has 0 aliphatic carbocycles.